The normalized spacial score (nSPS) is 27.9. The molecule has 4 atom stereocenters. The van der Waals surface area contributed by atoms with Crippen LogP contribution in [-0.4, -0.2) is 47.6 Å². The lowest BCUT2D eigenvalue weighted by Gasteiger charge is -2.47. The Morgan fingerprint density at radius 2 is 1.95 bits per heavy atom. The predicted octanol–water partition coefficient (Wildman–Crippen LogP) is 2.73. The van der Waals surface area contributed by atoms with E-state index in [1.54, 1.807) is 19.9 Å². The first-order chi connectivity index (χ1) is 19.5. The molecule has 0 bridgehead atoms. The van der Waals surface area contributed by atoms with E-state index in [1.807, 2.05) is 31.2 Å². The Balaban J connectivity index is 1.29. The molecule has 3 aliphatic rings. The molecule has 3 aromatic rings. The number of carbonyl (C=O) groups is 1. The summed E-state index contributed by atoms with van der Waals surface area (Å²) >= 11 is 0. The molecule has 10 heteroatoms. The summed E-state index contributed by atoms with van der Waals surface area (Å²) in [4.78, 5) is 26.4. The first-order valence-electron chi connectivity index (χ1n) is 14.2. The summed E-state index contributed by atoms with van der Waals surface area (Å²) in [7, 11) is 0. The van der Waals surface area contributed by atoms with Crippen LogP contribution in [0.25, 0.3) is 11.0 Å². The van der Waals surface area contributed by atoms with E-state index in [2.05, 4.69) is 5.32 Å². The third-order valence-electron chi connectivity index (χ3n) is 9.04. The van der Waals surface area contributed by atoms with Gasteiger partial charge in [0.05, 0.1) is 6.17 Å². The smallest absolute Gasteiger partial charge is 0.341 e. The fourth-order valence-corrected chi connectivity index (χ4v) is 6.39. The zero-order chi connectivity index (χ0) is 29.1. The number of aromatic hydroxyl groups is 1. The highest BCUT2D eigenvalue weighted by Crippen LogP contribution is 2.48. The lowest BCUT2D eigenvalue weighted by atomic mass is 9.75. The monoisotopic (exact) mass is 563 g/mol. The topological polar surface area (TPSA) is 163 Å². The number of phenols is 1. The van der Waals surface area contributed by atoms with Crippen LogP contribution in [0, 0.1) is 12.8 Å². The van der Waals surface area contributed by atoms with Crippen LogP contribution >= 0.6 is 0 Å². The van der Waals surface area contributed by atoms with E-state index >= 15 is 0 Å². The number of epoxide rings is 1. The van der Waals surface area contributed by atoms with Gasteiger partial charge in [-0.05, 0) is 57.8 Å². The van der Waals surface area contributed by atoms with Crippen LogP contribution in [-0.2, 0) is 27.1 Å². The molecular formula is C31H37N3O7. The third-order valence-corrected chi connectivity index (χ3v) is 9.04. The third kappa shape index (κ3) is 4.88. The Hall–Kier alpha value is -3.44. The minimum atomic E-state index is -1.12. The van der Waals surface area contributed by atoms with Crippen molar-refractivity contribution in [3.63, 3.8) is 0 Å². The van der Waals surface area contributed by atoms with Crippen molar-refractivity contribution in [2.75, 3.05) is 13.1 Å². The molecule has 2 aromatic carbocycles. The van der Waals surface area contributed by atoms with E-state index in [1.165, 1.54) is 6.07 Å². The second kappa shape index (κ2) is 10.1. The largest absolute Gasteiger partial charge is 0.507 e. The van der Waals surface area contributed by atoms with Crippen molar-refractivity contribution >= 4 is 16.9 Å². The van der Waals surface area contributed by atoms with E-state index in [-0.39, 0.29) is 40.6 Å². The van der Waals surface area contributed by atoms with Crippen molar-refractivity contribution in [1.29, 1.82) is 0 Å². The quantitative estimate of drug-likeness (QED) is 0.199. The zero-order valence-corrected chi connectivity index (χ0v) is 23.6. The SMILES string of the molecule is Cc1cc(=O)c2c(O)c3c(cc2o1)OC(C)(C1CCNCC1)C(OC(=O)C1(C)OC1Cc1cccc(C(N)N)c1)C3. The van der Waals surface area contributed by atoms with Crippen molar-refractivity contribution in [2.45, 2.75) is 76.0 Å². The first-order valence-corrected chi connectivity index (χ1v) is 14.2. The van der Waals surface area contributed by atoms with Crippen LogP contribution in [0.3, 0.4) is 0 Å². The van der Waals surface area contributed by atoms with Gasteiger partial charge in [0.2, 0.25) is 0 Å². The molecule has 41 heavy (non-hydrogen) atoms. The van der Waals surface area contributed by atoms with Crippen molar-refractivity contribution in [3.05, 3.63) is 69.1 Å². The second-order valence-electron chi connectivity index (χ2n) is 11.9. The second-order valence-corrected chi connectivity index (χ2v) is 11.9. The molecule has 4 unspecified atom stereocenters. The summed E-state index contributed by atoms with van der Waals surface area (Å²) in [6.07, 6.45) is 0.695. The maximum Gasteiger partial charge on any atom is 0.341 e. The Labute approximate surface area is 237 Å². The molecule has 1 aromatic heterocycles. The summed E-state index contributed by atoms with van der Waals surface area (Å²) in [5.41, 5.74) is 11.8. The van der Waals surface area contributed by atoms with E-state index in [0.717, 1.165) is 37.1 Å². The molecule has 10 nitrogen and oxygen atoms in total. The number of nitrogens with two attached hydrogens (primary N) is 2. The lowest BCUT2D eigenvalue weighted by molar-refractivity contribution is -0.175. The van der Waals surface area contributed by atoms with E-state index < -0.39 is 29.4 Å². The Morgan fingerprint density at radius 1 is 1.20 bits per heavy atom. The summed E-state index contributed by atoms with van der Waals surface area (Å²) in [5.74, 6) is 0.271. The number of benzene rings is 2. The van der Waals surface area contributed by atoms with Gasteiger partial charge in [0.1, 0.15) is 46.0 Å². The molecule has 2 fully saturated rings. The van der Waals surface area contributed by atoms with Gasteiger partial charge in [0, 0.05) is 36.5 Å². The van der Waals surface area contributed by atoms with E-state index in [0.29, 0.717) is 23.5 Å². The highest BCUT2D eigenvalue weighted by Gasteiger charge is 2.61. The van der Waals surface area contributed by atoms with Gasteiger partial charge in [-0.15, -0.1) is 0 Å². The fourth-order valence-electron chi connectivity index (χ4n) is 6.39. The highest BCUT2D eigenvalue weighted by atomic mass is 16.7. The molecule has 6 N–H and O–H groups in total. The standard InChI is InChI=1S/C31H37N3O7/c1-16-11-21(35)26-23(38-16)15-22-20(27(26)36)14-24(30(2,40-22)19-7-9-34-10-8-19)39-29(37)31(3)25(41-31)13-17-5-4-6-18(12-17)28(32)33/h4-6,11-12,15,19,24-25,28,34,36H,7-10,13-14,32-33H2,1-3H3. The molecule has 0 saturated carbocycles. The number of rotatable bonds is 6. The number of hydrogen-bond donors (Lipinski definition) is 4. The average molecular weight is 564 g/mol. The molecule has 0 radical (unpaired) electrons. The number of carbonyl (C=O) groups excluding carboxylic acids is 1. The predicted molar refractivity (Wildman–Crippen MR) is 152 cm³/mol. The molecule has 0 spiro atoms. The highest BCUT2D eigenvalue weighted by molar-refractivity contribution is 5.87. The Morgan fingerprint density at radius 3 is 2.68 bits per heavy atom. The molecule has 2 saturated heterocycles. The zero-order valence-electron chi connectivity index (χ0n) is 23.6. The number of nitrogens with one attached hydrogen (secondary N) is 1. The number of phenolic OH excluding ortho intramolecular Hbond substituents is 1. The van der Waals surface area contributed by atoms with Gasteiger partial charge < -0.3 is 40.5 Å². The van der Waals surface area contributed by atoms with Crippen LogP contribution < -0.4 is 26.9 Å². The van der Waals surface area contributed by atoms with Gasteiger partial charge in [-0.3, -0.25) is 4.79 Å². The number of ether oxygens (including phenoxy) is 3. The van der Waals surface area contributed by atoms with Gasteiger partial charge >= 0.3 is 5.97 Å². The number of hydrogen-bond acceptors (Lipinski definition) is 10. The first kappa shape index (κ1) is 27.7. The van der Waals surface area contributed by atoms with Crippen LogP contribution in [0.2, 0.25) is 0 Å². The molecule has 3 aliphatic heterocycles. The van der Waals surface area contributed by atoms with Crippen molar-refractivity contribution in [3.8, 4) is 11.5 Å². The van der Waals surface area contributed by atoms with Gasteiger partial charge in [-0.25, -0.2) is 4.79 Å². The van der Waals surface area contributed by atoms with Crippen LogP contribution in [0.15, 0.2) is 45.6 Å². The van der Waals surface area contributed by atoms with Crippen molar-refractivity contribution in [2.24, 2.45) is 17.4 Å². The molecule has 0 aliphatic carbocycles. The summed E-state index contributed by atoms with van der Waals surface area (Å²) < 4.78 is 24.5. The molecule has 6 rings (SSSR count). The fraction of sp³-hybridized carbons (Fsp3) is 0.484. The average Bonchev–Trinajstić information content (AvgIpc) is 3.59. The summed E-state index contributed by atoms with van der Waals surface area (Å²) in [6.45, 7) is 7.03. The van der Waals surface area contributed by atoms with Crippen LogP contribution in [0.5, 0.6) is 11.5 Å². The van der Waals surface area contributed by atoms with Gasteiger partial charge in [-0.2, -0.15) is 0 Å². The number of fused-ring (bicyclic) bond motifs is 2. The maximum absolute atomic E-state index is 13.7. The van der Waals surface area contributed by atoms with Crippen LogP contribution in [0.4, 0.5) is 0 Å². The number of aryl methyl sites for hydroxylation is 1. The minimum absolute atomic E-state index is 0.0870. The molecule has 4 heterocycles. The van der Waals surface area contributed by atoms with Gasteiger partial charge in [-0.1, -0.05) is 24.3 Å². The van der Waals surface area contributed by atoms with Crippen molar-refractivity contribution < 1.29 is 28.5 Å². The summed E-state index contributed by atoms with van der Waals surface area (Å²) in [6, 6.07) is 10.6. The summed E-state index contributed by atoms with van der Waals surface area (Å²) in [5, 5.41) is 14.7. The lowest BCUT2D eigenvalue weighted by Crippen LogP contribution is -2.58. The van der Waals surface area contributed by atoms with Gasteiger partial charge in [0.25, 0.3) is 0 Å². The number of esters is 1. The minimum Gasteiger partial charge on any atom is -0.507 e. The molecule has 0 amide bonds. The number of piperidine rings is 1. The van der Waals surface area contributed by atoms with Gasteiger partial charge in [0.15, 0.2) is 11.0 Å². The maximum atomic E-state index is 13.7. The van der Waals surface area contributed by atoms with E-state index in [4.69, 9.17) is 30.1 Å². The van der Waals surface area contributed by atoms with Crippen LogP contribution in [0.1, 0.15) is 55.3 Å². The Bertz CT molecular complexity index is 1560. The van der Waals surface area contributed by atoms with Crippen molar-refractivity contribution in [1.82, 2.24) is 5.32 Å². The Kier molecular flexibility index (Phi) is 6.85. The molecular weight excluding hydrogens is 526 g/mol. The molecule has 218 valence electrons. The van der Waals surface area contributed by atoms with E-state index in [9.17, 15) is 14.7 Å².